The summed E-state index contributed by atoms with van der Waals surface area (Å²) in [4.78, 5) is 11.8. The molecule has 3 aliphatic rings. The fourth-order valence-electron chi connectivity index (χ4n) is 4.52. The number of carbonyl (C=O) groups is 1. The predicted molar refractivity (Wildman–Crippen MR) is 73.4 cm³/mol. The second-order valence-corrected chi connectivity index (χ2v) is 7.23. The third-order valence-electron chi connectivity index (χ3n) is 5.94. The summed E-state index contributed by atoms with van der Waals surface area (Å²) in [7, 11) is 0. The van der Waals surface area contributed by atoms with Crippen LogP contribution in [0.2, 0.25) is 0 Å². The van der Waals surface area contributed by atoms with Crippen molar-refractivity contribution in [2.24, 2.45) is 11.8 Å². The molecule has 0 aromatic carbocycles. The fourth-order valence-corrected chi connectivity index (χ4v) is 4.52. The van der Waals surface area contributed by atoms with Crippen LogP contribution >= 0.6 is 0 Å². The average Bonchev–Trinajstić information content (AvgIpc) is 2.71. The van der Waals surface area contributed by atoms with Crippen LogP contribution in [-0.4, -0.2) is 66.6 Å². The van der Waals surface area contributed by atoms with Crippen molar-refractivity contribution < 1.29 is 35.1 Å². The third-order valence-corrected chi connectivity index (χ3v) is 5.94. The van der Waals surface area contributed by atoms with Crippen LogP contribution in [0.15, 0.2) is 12.2 Å². The minimum atomic E-state index is -2.21. The van der Waals surface area contributed by atoms with E-state index >= 15 is 0 Å². The standard InChI is InChI=1S/C15H22O7/c1-6-7-4-5-13(2,19)15(21)9(8(7)22-12(6)18)14(3,20)10(16)11(15)17/h7-11,16-17,19-21H,1,4-5H2,2-3H3/t7-,8-,9-,10-,11+,13+,14+,15+/m0/s1. The van der Waals surface area contributed by atoms with Gasteiger partial charge in [0, 0.05) is 11.5 Å². The van der Waals surface area contributed by atoms with Crippen LogP contribution in [-0.2, 0) is 9.53 Å². The van der Waals surface area contributed by atoms with E-state index in [1.165, 1.54) is 13.8 Å². The quantitative estimate of drug-likeness (QED) is 0.271. The van der Waals surface area contributed by atoms with E-state index in [0.29, 0.717) is 6.42 Å². The SMILES string of the molecule is C=C1C(=O)O[C@H]2[C@H]1CC[C@@](C)(O)[C@]1(O)[C@H](O)[C@H](O)[C@](C)(O)[C@H]21. The second-order valence-electron chi connectivity index (χ2n) is 7.23. The van der Waals surface area contributed by atoms with Crippen molar-refractivity contribution in [1.29, 1.82) is 0 Å². The summed E-state index contributed by atoms with van der Waals surface area (Å²) < 4.78 is 5.27. The van der Waals surface area contributed by atoms with Gasteiger partial charge >= 0.3 is 5.97 Å². The maximum atomic E-state index is 11.8. The van der Waals surface area contributed by atoms with Crippen molar-refractivity contribution in [1.82, 2.24) is 0 Å². The predicted octanol–water partition coefficient (Wildman–Crippen LogP) is -1.54. The van der Waals surface area contributed by atoms with Gasteiger partial charge in [-0.15, -0.1) is 0 Å². The number of carbonyl (C=O) groups excluding carboxylic acids is 1. The van der Waals surface area contributed by atoms with Gasteiger partial charge in [0.1, 0.15) is 23.9 Å². The van der Waals surface area contributed by atoms with Gasteiger partial charge in [0.2, 0.25) is 0 Å². The Bertz CT molecular complexity index is 540. The third kappa shape index (κ3) is 1.60. The van der Waals surface area contributed by atoms with Crippen molar-refractivity contribution in [3.8, 4) is 0 Å². The van der Waals surface area contributed by atoms with E-state index in [9.17, 15) is 30.3 Å². The molecule has 0 aromatic rings. The summed E-state index contributed by atoms with van der Waals surface area (Å²) in [5.74, 6) is -2.34. The van der Waals surface area contributed by atoms with Crippen LogP contribution in [0.25, 0.3) is 0 Å². The first kappa shape index (κ1) is 15.9. The summed E-state index contributed by atoms with van der Waals surface area (Å²) >= 11 is 0. The molecule has 7 nitrogen and oxygen atoms in total. The van der Waals surface area contributed by atoms with Crippen molar-refractivity contribution in [2.75, 3.05) is 0 Å². The number of hydrogen-bond donors (Lipinski definition) is 5. The Morgan fingerprint density at radius 3 is 2.36 bits per heavy atom. The van der Waals surface area contributed by atoms with E-state index in [1.54, 1.807) is 0 Å². The lowest BCUT2D eigenvalue weighted by Gasteiger charge is -2.45. The summed E-state index contributed by atoms with van der Waals surface area (Å²) in [6.45, 7) is 6.30. The monoisotopic (exact) mass is 314 g/mol. The Hall–Kier alpha value is -0.990. The zero-order valence-corrected chi connectivity index (χ0v) is 12.6. The molecule has 0 aromatic heterocycles. The van der Waals surface area contributed by atoms with Crippen molar-refractivity contribution in [3.05, 3.63) is 12.2 Å². The van der Waals surface area contributed by atoms with Gasteiger partial charge in [-0.2, -0.15) is 0 Å². The Labute approximate surface area is 127 Å². The summed E-state index contributed by atoms with van der Waals surface area (Å²) in [6, 6.07) is 0. The molecule has 0 spiro atoms. The van der Waals surface area contributed by atoms with Crippen LogP contribution in [0, 0.1) is 11.8 Å². The first-order chi connectivity index (χ1) is 9.96. The molecular formula is C15H22O7. The number of ether oxygens (including phenoxy) is 1. The highest BCUT2D eigenvalue weighted by Gasteiger charge is 2.75. The van der Waals surface area contributed by atoms with E-state index < -0.39 is 52.9 Å². The Morgan fingerprint density at radius 2 is 1.77 bits per heavy atom. The first-order valence-electron chi connectivity index (χ1n) is 7.39. The second kappa shape index (κ2) is 4.30. The molecule has 7 heteroatoms. The maximum Gasteiger partial charge on any atom is 0.334 e. The summed E-state index contributed by atoms with van der Waals surface area (Å²) in [5, 5.41) is 52.9. The van der Waals surface area contributed by atoms with Gasteiger partial charge in [-0.3, -0.25) is 0 Å². The first-order valence-corrected chi connectivity index (χ1v) is 7.39. The Morgan fingerprint density at radius 1 is 1.18 bits per heavy atom. The molecule has 5 N–H and O–H groups in total. The average molecular weight is 314 g/mol. The highest BCUT2D eigenvalue weighted by molar-refractivity contribution is 5.91. The van der Waals surface area contributed by atoms with Crippen molar-refractivity contribution in [2.45, 2.75) is 61.8 Å². The van der Waals surface area contributed by atoms with E-state index in [1.807, 2.05) is 0 Å². The number of rotatable bonds is 0. The largest absolute Gasteiger partial charge is 0.458 e. The van der Waals surface area contributed by atoms with Gasteiger partial charge in [-0.05, 0) is 26.7 Å². The van der Waals surface area contributed by atoms with E-state index in [2.05, 4.69) is 6.58 Å². The van der Waals surface area contributed by atoms with Crippen LogP contribution in [0.4, 0.5) is 0 Å². The van der Waals surface area contributed by atoms with Crippen LogP contribution in [0.5, 0.6) is 0 Å². The van der Waals surface area contributed by atoms with Crippen LogP contribution in [0.1, 0.15) is 26.7 Å². The molecule has 1 heterocycles. The molecule has 0 radical (unpaired) electrons. The van der Waals surface area contributed by atoms with E-state index in [4.69, 9.17) is 4.74 Å². The minimum absolute atomic E-state index is 0.0662. The lowest BCUT2D eigenvalue weighted by molar-refractivity contribution is -0.226. The molecule has 0 unspecified atom stereocenters. The van der Waals surface area contributed by atoms with Gasteiger partial charge in [0.05, 0.1) is 17.1 Å². The lowest BCUT2D eigenvalue weighted by Crippen LogP contribution is -2.64. The van der Waals surface area contributed by atoms with Gasteiger partial charge in [-0.1, -0.05) is 6.58 Å². The van der Waals surface area contributed by atoms with Crippen molar-refractivity contribution >= 4 is 5.97 Å². The molecule has 8 atom stereocenters. The fraction of sp³-hybridized carbons (Fsp3) is 0.800. The molecule has 124 valence electrons. The summed E-state index contributed by atoms with van der Waals surface area (Å²) in [5.41, 5.74) is -5.69. The molecule has 2 aliphatic carbocycles. The minimum Gasteiger partial charge on any atom is -0.458 e. The number of hydrogen-bond acceptors (Lipinski definition) is 7. The zero-order chi connectivity index (χ0) is 16.7. The molecule has 3 rings (SSSR count). The van der Waals surface area contributed by atoms with Gasteiger partial charge < -0.3 is 30.3 Å². The molecule has 1 aliphatic heterocycles. The van der Waals surface area contributed by atoms with Crippen LogP contribution in [0.3, 0.4) is 0 Å². The molecule has 3 fully saturated rings. The molecule has 0 bridgehead atoms. The molecule has 2 saturated carbocycles. The Balaban J connectivity index is 2.19. The number of fused-ring (bicyclic) bond motifs is 3. The normalized spacial score (nSPS) is 58.0. The maximum absolute atomic E-state index is 11.8. The van der Waals surface area contributed by atoms with E-state index in [-0.39, 0.29) is 12.0 Å². The Kier molecular flexibility index (Phi) is 3.11. The smallest absolute Gasteiger partial charge is 0.334 e. The van der Waals surface area contributed by atoms with E-state index in [0.717, 1.165) is 0 Å². The zero-order valence-electron chi connectivity index (χ0n) is 12.6. The van der Waals surface area contributed by atoms with Gasteiger partial charge in [0.15, 0.2) is 0 Å². The number of aliphatic hydroxyl groups is 5. The highest BCUT2D eigenvalue weighted by atomic mass is 16.6. The molecule has 1 saturated heterocycles. The van der Waals surface area contributed by atoms with Crippen LogP contribution < -0.4 is 0 Å². The van der Waals surface area contributed by atoms with Gasteiger partial charge in [0.25, 0.3) is 0 Å². The molecular weight excluding hydrogens is 292 g/mol. The molecule has 0 amide bonds. The molecule has 22 heavy (non-hydrogen) atoms. The number of esters is 1. The highest BCUT2D eigenvalue weighted by Crippen LogP contribution is 2.57. The van der Waals surface area contributed by atoms with Gasteiger partial charge in [-0.25, -0.2) is 4.79 Å². The number of aliphatic hydroxyl groups excluding tert-OH is 2. The topological polar surface area (TPSA) is 127 Å². The van der Waals surface area contributed by atoms with Crippen molar-refractivity contribution in [3.63, 3.8) is 0 Å². The lowest BCUT2D eigenvalue weighted by atomic mass is 9.70. The summed E-state index contributed by atoms with van der Waals surface area (Å²) in [6.07, 6.45) is -4.02.